The maximum Gasteiger partial charge on any atom is 0.0233 e. The molecule has 2 rings (SSSR count). The predicted molar refractivity (Wildman–Crippen MR) is 90.1 cm³/mol. The molecule has 0 amide bonds. The zero-order chi connectivity index (χ0) is 14.9. The van der Waals surface area contributed by atoms with Crippen molar-refractivity contribution in [2.45, 2.75) is 32.4 Å². The fraction of sp³-hybridized carbons (Fsp3) is 0.368. The first-order chi connectivity index (χ1) is 10.3. The van der Waals surface area contributed by atoms with E-state index in [4.69, 9.17) is 5.73 Å². The highest BCUT2D eigenvalue weighted by Crippen LogP contribution is 2.08. The number of hydrogen-bond donors (Lipinski definition) is 1. The van der Waals surface area contributed by atoms with Gasteiger partial charge in [-0.15, -0.1) is 0 Å². The van der Waals surface area contributed by atoms with Crippen LogP contribution in [0.2, 0.25) is 0 Å². The molecule has 0 fully saturated rings. The van der Waals surface area contributed by atoms with Crippen molar-refractivity contribution in [1.82, 2.24) is 4.90 Å². The average molecular weight is 282 g/mol. The summed E-state index contributed by atoms with van der Waals surface area (Å²) in [7, 11) is 0. The Morgan fingerprint density at radius 1 is 0.905 bits per heavy atom. The molecule has 0 aromatic heterocycles. The van der Waals surface area contributed by atoms with Crippen molar-refractivity contribution in [3.05, 3.63) is 71.8 Å². The molecular formula is C19H26N2. The van der Waals surface area contributed by atoms with E-state index in [-0.39, 0.29) is 6.04 Å². The Morgan fingerprint density at radius 2 is 1.48 bits per heavy atom. The molecule has 112 valence electrons. The molecule has 0 spiro atoms. The van der Waals surface area contributed by atoms with E-state index in [1.165, 1.54) is 11.1 Å². The smallest absolute Gasteiger partial charge is 0.0233 e. The van der Waals surface area contributed by atoms with Gasteiger partial charge in [0.1, 0.15) is 0 Å². The van der Waals surface area contributed by atoms with E-state index in [0.717, 1.165) is 32.5 Å². The monoisotopic (exact) mass is 282 g/mol. The molecule has 0 aliphatic heterocycles. The van der Waals surface area contributed by atoms with E-state index in [2.05, 4.69) is 66.4 Å². The quantitative estimate of drug-likeness (QED) is 0.803. The van der Waals surface area contributed by atoms with Crippen LogP contribution in [0.25, 0.3) is 0 Å². The summed E-state index contributed by atoms with van der Waals surface area (Å²) in [6.07, 6.45) is 2.00. The van der Waals surface area contributed by atoms with Gasteiger partial charge in [0.05, 0.1) is 0 Å². The van der Waals surface area contributed by atoms with E-state index in [1.807, 2.05) is 6.07 Å². The lowest BCUT2D eigenvalue weighted by molar-refractivity contribution is 0.267. The van der Waals surface area contributed by atoms with E-state index < -0.39 is 0 Å². The van der Waals surface area contributed by atoms with Crippen LogP contribution < -0.4 is 5.73 Å². The summed E-state index contributed by atoms with van der Waals surface area (Å²) in [6.45, 7) is 5.34. The molecule has 1 unspecified atom stereocenters. The maximum atomic E-state index is 6.28. The molecule has 1 atom stereocenters. The summed E-state index contributed by atoms with van der Waals surface area (Å²) in [6, 6.07) is 21.4. The lowest BCUT2D eigenvalue weighted by Crippen LogP contribution is -2.31. The zero-order valence-electron chi connectivity index (χ0n) is 12.9. The van der Waals surface area contributed by atoms with Crippen molar-refractivity contribution >= 4 is 0 Å². The highest BCUT2D eigenvalue weighted by Gasteiger charge is 2.08. The van der Waals surface area contributed by atoms with Crippen LogP contribution in [0.15, 0.2) is 60.7 Å². The average Bonchev–Trinajstić information content (AvgIpc) is 2.53. The third kappa shape index (κ3) is 5.70. The number of nitrogens with two attached hydrogens (primary N) is 1. The summed E-state index contributed by atoms with van der Waals surface area (Å²) in [5, 5.41) is 0. The third-order valence-electron chi connectivity index (χ3n) is 3.85. The maximum absolute atomic E-state index is 6.28. The number of benzene rings is 2. The standard InChI is InChI=1S/C19H26N2/c1-2-21(16-18-11-7-4-8-12-18)14-13-19(20)15-17-9-5-3-6-10-17/h3-12,19H,2,13-16,20H2,1H3. The van der Waals surface area contributed by atoms with Crippen LogP contribution >= 0.6 is 0 Å². The van der Waals surface area contributed by atoms with Gasteiger partial charge in [-0.25, -0.2) is 0 Å². The Morgan fingerprint density at radius 3 is 2.05 bits per heavy atom. The molecule has 0 heterocycles. The second-order valence-electron chi connectivity index (χ2n) is 5.59. The van der Waals surface area contributed by atoms with Crippen molar-refractivity contribution in [2.24, 2.45) is 5.73 Å². The Balaban J connectivity index is 1.77. The molecule has 2 heteroatoms. The zero-order valence-corrected chi connectivity index (χ0v) is 12.9. The molecule has 0 aliphatic rings. The third-order valence-corrected chi connectivity index (χ3v) is 3.85. The van der Waals surface area contributed by atoms with E-state index in [1.54, 1.807) is 0 Å². The van der Waals surface area contributed by atoms with Gasteiger partial charge >= 0.3 is 0 Å². The van der Waals surface area contributed by atoms with Gasteiger partial charge in [-0.3, -0.25) is 4.90 Å². The second-order valence-corrected chi connectivity index (χ2v) is 5.59. The lowest BCUT2D eigenvalue weighted by Gasteiger charge is -2.22. The summed E-state index contributed by atoms with van der Waals surface area (Å²) < 4.78 is 0. The van der Waals surface area contributed by atoms with Crippen LogP contribution in [0.1, 0.15) is 24.5 Å². The van der Waals surface area contributed by atoms with E-state index in [0.29, 0.717) is 0 Å². The minimum atomic E-state index is 0.234. The summed E-state index contributed by atoms with van der Waals surface area (Å²) in [5.41, 5.74) is 8.98. The van der Waals surface area contributed by atoms with Crippen molar-refractivity contribution in [3.63, 3.8) is 0 Å². The fourth-order valence-electron chi connectivity index (χ4n) is 2.56. The molecule has 2 aromatic rings. The normalized spacial score (nSPS) is 12.5. The topological polar surface area (TPSA) is 29.3 Å². The van der Waals surface area contributed by atoms with Crippen molar-refractivity contribution in [2.75, 3.05) is 13.1 Å². The Hall–Kier alpha value is -1.64. The highest BCUT2D eigenvalue weighted by molar-refractivity contribution is 5.16. The molecule has 2 aromatic carbocycles. The van der Waals surface area contributed by atoms with Crippen molar-refractivity contribution < 1.29 is 0 Å². The van der Waals surface area contributed by atoms with Crippen LogP contribution in [-0.2, 0) is 13.0 Å². The van der Waals surface area contributed by atoms with Gasteiger partial charge in [-0.05, 0) is 37.1 Å². The minimum absolute atomic E-state index is 0.234. The fourth-order valence-corrected chi connectivity index (χ4v) is 2.56. The van der Waals surface area contributed by atoms with Crippen molar-refractivity contribution in [1.29, 1.82) is 0 Å². The van der Waals surface area contributed by atoms with Gasteiger partial charge in [0.2, 0.25) is 0 Å². The molecule has 0 radical (unpaired) electrons. The van der Waals surface area contributed by atoms with E-state index >= 15 is 0 Å². The number of nitrogens with zero attached hydrogens (tertiary/aromatic N) is 1. The van der Waals surface area contributed by atoms with E-state index in [9.17, 15) is 0 Å². The number of hydrogen-bond acceptors (Lipinski definition) is 2. The van der Waals surface area contributed by atoms with Gasteiger partial charge in [0.25, 0.3) is 0 Å². The molecule has 2 nitrogen and oxygen atoms in total. The van der Waals surface area contributed by atoms with Gasteiger partial charge in [-0.1, -0.05) is 67.6 Å². The molecule has 0 aliphatic carbocycles. The van der Waals surface area contributed by atoms with Crippen LogP contribution in [-0.4, -0.2) is 24.0 Å². The first-order valence-electron chi connectivity index (χ1n) is 7.83. The van der Waals surface area contributed by atoms with Gasteiger partial charge in [-0.2, -0.15) is 0 Å². The summed E-state index contributed by atoms with van der Waals surface area (Å²) >= 11 is 0. The van der Waals surface area contributed by atoms with Crippen LogP contribution in [0.5, 0.6) is 0 Å². The van der Waals surface area contributed by atoms with Crippen LogP contribution in [0, 0.1) is 0 Å². The Labute approximate surface area is 128 Å². The predicted octanol–water partition coefficient (Wildman–Crippen LogP) is 3.47. The second kappa shape index (κ2) is 8.60. The van der Waals surface area contributed by atoms with Gasteiger partial charge in [0, 0.05) is 12.6 Å². The summed E-state index contributed by atoms with van der Waals surface area (Å²) in [4.78, 5) is 2.46. The molecule has 0 bridgehead atoms. The SMILES string of the molecule is CCN(CCC(N)Cc1ccccc1)Cc1ccccc1. The highest BCUT2D eigenvalue weighted by atomic mass is 15.1. The Kier molecular flexibility index (Phi) is 6.45. The largest absolute Gasteiger partial charge is 0.327 e. The number of rotatable bonds is 8. The lowest BCUT2D eigenvalue weighted by atomic mass is 10.0. The Bertz CT molecular complexity index is 495. The molecule has 0 saturated carbocycles. The molecule has 0 saturated heterocycles. The molecular weight excluding hydrogens is 256 g/mol. The first-order valence-corrected chi connectivity index (χ1v) is 7.83. The van der Waals surface area contributed by atoms with Gasteiger partial charge in [0.15, 0.2) is 0 Å². The molecule has 2 N–H and O–H groups in total. The first kappa shape index (κ1) is 15.7. The van der Waals surface area contributed by atoms with Crippen LogP contribution in [0.3, 0.4) is 0 Å². The molecule has 21 heavy (non-hydrogen) atoms. The van der Waals surface area contributed by atoms with Crippen LogP contribution in [0.4, 0.5) is 0 Å². The van der Waals surface area contributed by atoms with Crippen molar-refractivity contribution in [3.8, 4) is 0 Å². The summed E-state index contributed by atoms with van der Waals surface area (Å²) in [5.74, 6) is 0. The minimum Gasteiger partial charge on any atom is -0.327 e. The van der Waals surface area contributed by atoms with Gasteiger partial charge < -0.3 is 5.73 Å².